The number of hydrogen-bond donors (Lipinski definition) is 1. The molecule has 1 N–H and O–H groups in total. The zero-order chi connectivity index (χ0) is 13.2. The summed E-state index contributed by atoms with van der Waals surface area (Å²) >= 11 is -0.735. The third-order valence-corrected chi connectivity index (χ3v) is 5.42. The highest BCUT2D eigenvalue weighted by atomic mass is 127. The molecule has 0 amide bonds. The average molecular weight is 365 g/mol. The molecule has 0 saturated carbocycles. The minimum absolute atomic E-state index is 0.146. The predicted molar refractivity (Wildman–Crippen MR) is 67.0 cm³/mol. The molecule has 2 heterocycles. The van der Waals surface area contributed by atoms with Crippen LogP contribution < -0.4 is 26.8 Å². The van der Waals surface area contributed by atoms with Gasteiger partial charge in [-0.2, -0.15) is 4.98 Å². The Labute approximate surface area is 119 Å². The van der Waals surface area contributed by atoms with Gasteiger partial charge in [-0.15, -0.1) is 0 Å². The molecule has 0 spiro atoms. The van der Waals surface area contributed by atoms with Gasteiger partial charge in [-0.1, -0.05) is 24.3 Å². The predicted octanol–water partition coefficient (Wildman–Crippen LogP) is -1.47. The first-order chi connectivity index (χ1) is 9.25. The number of nitrogens with zero attached hydrogens (tertiary/aromatic N) is 2. The molecule has 0 atom stereocenters. The topological polar surface area (TPSA) is 54.6 Å². The summed E-state index contributed by atoms with van der Waals surface area (Å²) in [4.78, 5) is 16.4. The quantitative estimate of drug-likeness (QED) is 0.565. The normalized spacial score (nSPS) is 10.7. The summed E-state index contributed by atoms with van der Waals surface area (Å²) in [6.45, 7) is 0. The molecule has 2 aromatic heterocycles. The smallest absolute Gasteiger partial charge is 0.370 e. The Bertz CT molecular complexity index is 784. The first-order valence-electron chi connectivity index (χ1n) is 5.66. The second kappa shape index (κ2) is 5.00. The van der Waals surface area contributed by atoms with E-state index in [1.165, 1.54) is 4.40 Å². The maximum Gasteiger partial charge on any atom is 0.370 e. The number of rotatable bonds is 2. The molecule has 0 aliphatic rings. The lowest BCUT2D eigenvalue weighted by atomic mass is 10.4. The first-order valence-corrected chi connectivity index (χ1v) is 7.82. The lowest BCUT2D eigenvalue weighted by Gasteiger charge is -1.99. The van der Waals surface area contributed by atoms with Crippen molar-refractivity contribution in [1.82, 2.24) is 9.38 Å². The van der Waals surface area contributed by atoms with Crippen molar-refractivity contribution >= 4 is 5.65 Å². The highest BCUT2D eigenvalue weighted by molar-refractivity contribution is 5.38. The van der Waals surface area contributed by atoms with Gasteiger partial charge < -0.3 is 5.11 Å². The SMILES string of the molecule is O=c1c([I+]c2ccccc2)c(O)nc2ccccn12. The fourth-order valence-corrected chi connectivity index (χ4v) is 3.98. The van der Waals surface area contributed by atoms with Crippen molar-refractivity contribution in [2.75, 3.05) is 0 Å². The third-order valence-electron chi connectivity index (χ3n) is 2.60. The Morgan fingerprint density at radius 3 is 2.58 bits per heavy atom. The molecular weight excluding hydrogens is 355 g/mol. The van der Waals surface area contributed by atoms with Gasteiger partial charge in [-0.05, 0) is 24.3 Å². The summed E-state index contributed by atoms with van der Waals surface area (Å²) in [5, 5.41) is 9.95. The summed E-state index contributed by atoms with van der Waals surface area (Å²) in [6, 6.07) is 15.0. The van der Waals surface area contributed by atoms with E-state index in [2.05, 4.69) is 4.98 Å². The van der Waals surface area contributed by atoms with E-state index >= 15 is 0 Å². The van der Waals surface area contributed by atoms with E-state index in [0.717, 1.165) is 3.57 Å². The van der Waals surface area contributed by atoms with Crippen LogP contribution in [0.15, 0.2) is 59.5 Å². The first kappa shape index (κ1) is 12.2. The molecule has 4 nitrogen and oxygen atoms in total. The molecule has 0 unspecified atom stereocenters. The van der Waals surface area contributed by atoms with Crippen LogP contribution in [0.25, 0.3) is 5.65 Å². The molecule has 3 rings (SSSR count). The molecular formula is C14H10IN2O2+. The van der Waals surface area contributed by atoms with E-state index in [1.807, 2.05) is 30.3 Å². The van der Waals surface area contributed by atoms with Crippen LogP contribution in [0.5, 0.6) is 5.88 Å². The van der Waals surface area contributed by atoms with Gasteiger partial charge in [0.25, 0.3) is 5.88 Å². The van der Waals surface area contributed by atoms with Gasteiger partial charge >= 0.3 is 30.3 Å². The number of aromatic hydroxyl groups is 1. The summed E-state index contributed by atoms with van der Waals surface area (Å²) in [6.07, 6.45) is 1.67. The van der Waals surface area contributed by atoms with Crippen LogP contribution in [0, 0.1) is 7.14 Å². The van der Waals surface area contributed by atoms with Crippen molar-refractivity contribution in [3.8, 4) is 5.88 Å². The number of aromatic nitrogens is 2. The average Bonchev–Trinajstić information content (AvgIpc) is 2.45. The van der Waals surface area contributed by atoms with Crippen molar-refractivity contribution in [3.05, 3.63) is 72.2 Å². The van der Waals surface area contributed by atoms with Crippen LogP contribution in [-0.2, 0) is 0 Å². The van der Waals surface area contributed by atoms with Gasteiger partial charge in [-0.25, -0.2) is 0 Å². The Kier molecular flexibility index (Phi) is 3.20. The van der Waals surface area contributed by atoms with Crippen LogP contribution >= 0.6 is 0 Å². The second-order valence-corrected chi connectivity index (χ2v) is 6.74. The van der Waals surface area contributed by atoms with E-state index in [4.69, 9.17) is 0 Å². The van der Waals surface area contributed by atoms with Crippen LogP contribution in [0.4, 0.5) is 0 Å². The highest BCUT2D eigenvalue weighted by Crippen LogP contribution is 2.02. The Hall–Kier alpha value is -1.89. The Morgan fingerprint density at radius 1 is 1.05 bits per heavy atom. The van der Waals surface area contributed by atoms with Gasteiger partial charge in [0.1, 0.15) is 5.65 Å². The summed E-state index contributed by atoms with van der Waals surface area (Å²) < 4.78 is 2.97. The summed E-state index contributed by atoms with van der Waals surface area (Å²) in [5.41, 5.74) is 0.283. The standard InChI is InChI=1S/C14H9IN2O2/c18-13-12(15-10-6-2-1-3-7-10)14(19)17-9-5-4-8-11(17)16-13/h1-9H/p+1. The van der Waals surface area contributed by atoms with E-state index in [-0.39, 0.29) is 11.4 Å². The van der Waals surface area contributed by atoms with Crippen molar-refractivity contribution in [3.63, 3.8) is 0 Å². The molecule has 0 radical (unpaired) electrons. The molecule has 0 fully saturated rings. The molecule has 94 valence electrons. The van der Waals surface area contributed by atoms with Crippen LogP contribution in [0.3, 0.4) is 0 Å². The molecule has 0 saturated heterocycles. The minimum atomic E-state index is -0.735. The van der Waals surface area contributed by atoms with Crippen LogP contribution in [0.1, 0.15) is 0 Å². The zero-order valence-corrected chi connectivity index (χ0v) is 12.0. The van der Waals surface area contributed by atoms with Crippen molar-refractivity contribution < 1.29 is 26.3 Å². The molecule has 1 aromatic carbocycles. The van der Waals surface area contributed by atoms with E-state index in [0.29, 0.717) is 9.22 Å². The molecule has 0 aliphatic heterocycles. The maximum absolute atomic E-state index is 12.3. The molecule has 0 bridgehead atoms. The Morgan fingerprint density at radius 2 is 1.79 bits per heavy atom. The molecule has 0 aliphatic carbocycles. The highest BCUT2D eigenvalue weighted by Gasteiger charge is 2.27. The van der Waals surface area contributed by atoms with Crippen molar-refractivity contribution in [2.24, 2.45) is 0 Å². The van der Waals surface area contributed by atoms with Gasteiger partial charge in [-0.3, -0.25) is 9.20 Å². The molecule has 19 heavy (non-hydrogen) atoms. The van der Waals surface area contributed by atoms with Crippen molar-refractivity contribution in [1.29, 1.82) is 0 Å². The summed E-state index contributed by atoms with van der Waals surface area (Å²) in [7, 11) is 0. The van der Waals surface area contributed by atoms with Gasteiger partial charge in [0.15, 0.2) is 3.57 Å². The van der Waals surface area contributed by atoms with E-state index in [9.17, 15) is 9.90 Å². The van der Waals surface area contributed by atoms with Gasteiger partial charge in [0, 0.05) is 6.20 Å². The van der Waals surface area contributed by atoms with Gasteiger partial charge in [0.2, 0.25) is 0 Å². The zero-order valence-electron chi connectivity index (χ0n) is 9.82. The van der Waals surface area contributed by atoms with E-state index < -0.39 is 21.2 Å². The molecule has 5 heteroatoms. The number of fused-ring (bicyclic) bond motifs is 1. The van der Waals surface area contributed by atoms with Crippen molar-refractivity contribution in [2.45, 2.75) is 0 Å². The fraction of sp³-hybridized carbons (Fsp3) is 0. The largest absolute Gasteiger partial charge is 0.490 e. The van der Waals surface area contributed by atoms with Crippen LogP contribution in [0.2, 0.25) is 0 Å². The number of halogens is 1. The van der Waals surface area contributed by atoms with Crippen LogP contribution in [-0.4, -0.2) is 14.5 Å². The monoisotopic (exact) mass is 365 g/mol. The maximum atomic E-state index is 12.3. The number of pyridine rings is 1. The summed E-state index contributed by atoms with van der Waals surface area (Å²) in [5.74, 6) is -0.146. The number of hydrogen-bond acceptors (Lipinski definition) is 3. The lowest BCUT2D eigenvalue weighted by molar-refractivity contribution is -0.600. The number of benzene rings is 1. The van der Waals surface area contributed by atoms with Gasteiger partial charge in [0.05, 0.1) is 0 Å². The molecule has 3 aromatic rings. The van der Waals surface area contributed by atoms with E-state index in [1.54, 1.807) is 24.4 Å². The minimum Gasteiger partial charge on any atom is -0.490 e. The lowest BCUT2D eigenvalue weighted by Crippen LogP contribution is -3.62. The second-order valence-electron chi connectivity index (χ2n) is 3.87. The third kappa shape index (κ3) is 2.33. The Balaban J connectivity index is 2.16. The fourth-order valence-electron chi connectivity index (χ4n) is 1.73.